The van der Waals surface area contributed by atoms with Gasteiger partial charge in [0, 0.05) is 28.5 Å². The molecule has 16 heavy (non-hydrogen) atoms. The highest BCUT2D eigenvalue weighted by molar-refractivity contribution is 6.31. The fraction of sp³-hybridized carbons (Fsp3) is 0.167. The molecule has 1 heterocycles. The molecule has 4 heteroatoms. The van der Waals surface area contributed by atoms with Gasteiger partial charge in [-0.25, -0.2) is 9.97 Å². The van der Waals surface area contributed by atoms with Crippen LogP contribution in [0.1, 0.15) is 23.1 Å². The Kier molecular flexibility index (Phi) is 3.17. The van der Waals surface area contributed by atoms with Crippen molar-refractivity contribution in [3.05, 3.63) is 58.6 Å². The van der Waals surface area contributed by atoms with Gasteiger partial charge in [0.1, 0.15) is 11.9 Å². The molecule has 0 saturated heterocycles. The molecule has 3 nitrogen and oxygen atoms in total. The van der Waals surface area contributed by atoms with Gasteiger partial charge in [-0.1, -0.05) is 29.8 Å². The van der Waals surface area contributed by atoms with Crippen LogP contribution in [-0.2, 0) is 0 Å². The summed E-state index contributed by atoms with van der Waals surface area (Å²) in [5, 5.41) is 10.6. The van der Waals surface area contributed by atoms with Gasteiger partial charge in [0.2, 0.25) is 0 Å². The van der Waals surface area contributed by atoms with Gasteiger partial charge in [-0.2, -0.15) is 0 Å². The van der Waals surface area contributed by atoms with E-state index in [0.29, 0.717) is 22.0 Å². The second-order valence-corrected chi connectivity index (χ2v) is 3.89. The van der Waals surface area contributed by atoms with Crippen molar-refractivity contribution in [3.8, 4) is 0 Å². The van der Waals surface area contributed by atoms with Gasteiger partial charge in [-0.05, 0) is 13.0 Å². The fourth-order valence-electron chi connectivity index (χ4n) is 1.42. The number of benzene rings is 1. The summed E-state index contributed by atoms with van der Waals surface area (Å²) in [6.07, 6.45) is 2.43. The topological polar surface area (TPSA) is 46.0 Å². The standard InChI is InChI=1S/C12H11ClN2O/c1-8-14-6-9(7-15-8)12(16)10-4-2-3-5-11(10)13/h2-7,12,16H,1H3. The Bertz CT molecular complexity index is 485. The number of aliphatic hydroxyl groups excluding tert-OH is 1. The van der Waals surface area contributed by atoms with Crippen LogP contribution in [0.5, 0.6) is 0 Å². The summed E-state index contributed by atoms with van der Waals surface area (Å²) in [6.45, 7) is 1.80. The lowest BCUT2D eigenvalue weighted by Gasteiger charge is -2.12. The van der Waals surface area contributed by atoms with Crippen molar-refractivity contribution in [3.63, 3.8) is 0 Å². The van der Waals surface area contributed by atoms with Crippen LogP contribution in [0.25, 0.3) is 0 Å². The Morgan fingerprint density at radius 2 is 1.81 bits per heavy atom. The van der Waals surface area contributed by atoms with Gasteiger partial charge in [0.15, 0.2) is 0 Å². The average molecular weight is 235 g/mol. The number of halogens is 1. The molecular formula is C12H11ClN2O. The number of rotatable bonds is 2. The van der Waals surface area contributed by atoms with Gasteiger partial charge in [0.05, 0.1) is 0 Å². The maximum Gasteiger partial charge on any atom is 0.125 e. The van der Waals surface area contributed by atoms with Gasteiger partial charge in [-0.3, -0.25) is 0 Å². The first-order chi connectivity index (χ1) is 7.68. The number of hydrogen-bond acceptors (Lipinski definition) is 3. The molecule has 0 spiro atoms. The maximum absolute atomic E-state index is 10.1. The molecule has 0 aliphatic carbocycles. The molecule has 82 valence electrons. The van der Waals surface area contributed by atoms with E-state index in [0.717, 1.165) is 0 Å². The lowest BCUT2D eigenvalue weighted by molar-refractivity contribution is 0.219. The van der Waals surface area contributed by atoms with Crippen LogP contribution >= 0.6 is 11.6 Å². The summed E-state index contributed by atoms with van der Waals surface area (Å²) >= 11 is 6.00. The second-order valence-electron chi connectivity index (χ2n) is 3.49. The molecule has 2 aromatic rings. The van der Waals surface area contributed by atoms with Crippen LogP contribution < -0.4 is 0 Å². The van der Waals surface area contributed by atoms with E-state index < -0.39 is 6.10 Å². The highest BCUT2D eigenvalue weighted by atomic mass is 35.5. The SMILES string of the molecule is Cc1ncc(C(O)c2ccccc2Cl)cn1. The second kappa shape index (κ2) is 4.60. The molecule has 0 fully saturated rings. The Labute approximate surface area is 98.8 Å². The number of aryl methyl sites for hydroxylation is 1. The zero-order valence-corrected chi connectivity index (χ0v) is 9.52. The maximum atomic E-state index is 10.1. The minimum atomic E-state index is -0.783. The van der Waals surface area contributed by atoms with E-state index >= 15 is 0 Å². The minimum absolute atomic E-state index is 0.538. The third-order valence-electron chi connectivity index (χ3n) is 2.32. The van der Waals surface area contributed by atoms with E-state index in [1.54, 1.807) is 31.5 Å². The van der Waals surface area contributed by atoms with Crippen molar-refractivity contribution in [2.24, 2.45) is 0 Å². The van der Waals surface area contributed by atoms with Crippen molar-refractivity contribution in [2.75, 3.05) is 0 Å². The first-order valence-corrected chi connectivity index (χ1v) is 5.27. The van der Waals surface area contributed by atoms with Crippen molar-refractivity contribution in [1.82, 2.24) is 9.97 Å². The molecule has 0 bridgehead atoms. The minimum Gasteiger partial charge on any atom is -0.383 e. The van der Waals surface area contributed by atoms with E-state index in [1.807, 2.05) is 12.1 Å². The highest BCUT2D eigenvalue weighted by Gasteiger charge is 2.13. The molecule has 0 aliphatic rings. The smallest absolute Gasteiger partial charge is 0.125 e. The summed E-state index contributed by atoms with van der Waals surface area (Å²) in [5.74, 6) is 0.676. The third-order valence-corrected chi connectivity index (χ3v) is 2.66. The summed E-state index contributed by atoms with van der Waals surface area (Å²) in [4.78, 5) is 8.08. The van der Waals surface area contributed by atoms with E-state index in [1.165, 1.54) is 0 Å². The molecule has 2 rings (SSSR count). The van der Waals surface area contributed by atoms with Gasteiger partial charge in [0.25, 0.3) is 0 Å². The quantitative estimate of drug-likeness (QED) is 0.869. The summed E-state index contributed by atoms with van der Waals surface area (Å²) in [5.41, 5.74) is 1.30. The van der Waals surface area contributed by atoms with Crippen LogP contribution in [0.4, 0.5) is 0 Å². The Balaban J connectivity index is 2.35. The van der Waals surface area contributed by atoms with Crippen LogP contribution in [0.2, 0.25) is 5.02 Å². The molecule has 0 saturated carbocycles. The molecule has 0 amide bonds. The molecular weight excluding hydrogens is 224 g/mol. The molecule has 1 atom stereocenters. The molecule has 1 aromatic heterocycles. The van der Waals surface area contributed by atoms with Crippen LogP contribution in [0, 0.1) is 6.92 Å². The van der Waals surface area contributed by atoms with E-state index in [-0.39, 0.29) is 0 Å². The van der Waals surface area contributed by atoms with Gasteiger partial charge in [-0.15, -0.1) is 0 Å². The van der Waals surface area contributed by atoms with Crippen molar-refractivity contribution in [2.45, 2.75) is 13.0 Å². The molecule has 0 radical (unpaired) electrons. The molecule has 1 unspecified atom stereocenters. The number of nitrogens with zero attached hydrogens (tertiary/aromatic N) is 2. The normalized spacial score (nSPS) is 12.4. The summed E-state index contributed by atoms with van der Waals surface area (Å²) in [6, 6.07) is 7.19. The Morgan fingerprint density at radius 3 is 2.44 bits per heavy atom. The number of aromatic nitrogens is 2. The molecule has 0 aliphatic heterocycles. The van der Waals surface area contributed by atoms with Crippen molar-refractivity contribution in [1.29, 1.82) is 0 Å². The number of hydrogen-bond donors (Lipinski definition) is 1. The molecule has 1 N–H and O–H groups in total. The lowest BCUT2D eigenvalue weighted by atomic mass is 10.0. The Morgan fingerprint density at radius 1 is 1.19 bits per heavy atom. The van der Waals surface area contributed by atoms with Crippen LogP contribution in [0.15, 0.2) is 36.7 Å². The predicted octanol–water partition coefficient (Wildman–Crippen LogP) is 2.52. The summed E-state index contributed by atoms with van der Waals surface area (Å²) < 4.78 is 0. The lowest BCUT2D eigenvalue weighted by Crippen LogP contribution is -2.02. The monoisotopic (exact) mass is 234 g/mol. The zero-order valence-electron chi connectivity index (χ0n) is 8.76. The predicted molar refractivity (Wildman–Crippen MR) is 62.3 cm³/mol. The summed E-state index contributed by atoms with van der Waals surface area (Å²) in [7, 11) is 0. The van der Waals surface area contributed by atoms with Crippen molar-refractivity contribution >= 4 is 11.6 Å². The van der Waals surface area contributed by atoms with Crippen LogP contribution in [0.3, 0.4) is 0 Å². The van der Waals surface area contributed by atoms with Crippen LogP contribution in [-0.4, -0.2) is 15.1 Å². The Hall–Kier alpha value is -1.45. The van der Waals surface area contributed by atoms with E-state index in [9.17, 15) is 5.11 Å². The van der Waals surface area contributed by atoms with E-state index in [2.05, 4.69) is 9.97 Å². The average Bonchev–Trinajstić information content (AvgIpc) is 2.30. The van der Waals surface area contributed by atoms with Crippen molar-refractivity contribution < 1.29 is 5.11 Å². The first kappa shape index (κ1) is 11.0. The third kappa shape index (κ3) is 2.21. The first-order valence-electron chi connectivity index (χ1n) is 4.89. The largest absolute Gasteiger partial charge is 0.383 e. The molecule has 1 aromatic carbocycles. The number of aliphatic hydroxyl groups is 1. The van der Waals surface area contributed by atoms with Gasteiger partial charge >= 0.3 is 0 Å². The highest BCUT2D eigenvalue weighted by Crippen LogP contribution is 2.26. The van der Waals surface area contributed by atoms with E-state index in [4.69, 9.17) is 11.6 Å². The van der Waals surface area contributed by atoms with Gasteiger partial charge < -0.3 is 5.11 Å². The fourth-order valence-corrected chi connectivity index (χ4v) is 1.66. The zero-order chi connectivity index (χ0) is 11.5.